The number of amides is 1. The molecule has 1 amide bonds. The van der Waals surface area contributed by atoms with Gasteiger partial charge in [0.05, 0.1) is 31.1 Å². The summed E-state index contributed by atoms with van der Waals surface area (Å²) in [5.41, 5.74) is 3.62. The van der Waals surface area contributed by atoms with Crippen LogP contribution in [0.5, 0.6) is 5.75 Å². The zero-order valence-electron chi connectivity index (χ0n) is 19.2. The Labute approximate surface area is 192 Å². The predicted octanol–water partition coefficient (Wildman–Crippen LogP) is 0.134. The Morgan fingerprint density at radius 1 is 1.30 bits per heavy atom. The minimum Gasteiger partial charge on any atom is -0.493 e. The molecule has 0 bridgehead atoms. The maximum Gasteiger partial charge on any atom is 0.225 e. The number of aliphatic hydroxyl groups is 2. The van der Waals surface area contributed by atoms with Gasteiger partial charge in [0.15, 0.2) is 23.0 Å². The Kier molecular flexibility index (Phi) is 7.36. The maximum atomic E-state index is 13.7. The molecule has 0 aliphatic heterocycles. The summed E-state index contributed by atoms with van der Waals surface area (Å²) in [5, 5.41) is 21.6. The zero-order valence-corrected chi connectivity index (χ0v) is 19.2. The number of carbonyl (C=O) groups excluding carboxylic acids is 4. The fourth-order valence-electron chi connectivity index (χ4n) is 5.32. The van der Waals surface area contributed by atoms with Gasteiger partial charge >= 0.3 is 0 Å². The van der Waals surface area contributed by atoms with Crippen LogP contribution in [-0.4, -0.2) is 77.3 Å². The Bertz CT molecular complexity index is 960. The first-order valence-electron chi connectivity index (χ1n) is 11.2. The molecule has 0 heterocycles. The van der Waals surface area contributed by atoms with Gasteiger partial charge in [0.1, 0.15) is 5.75 Å². The molecule has 4 N–H and O–H groups in total. The Morgan fingerprint density at radius 2 is 2.00 bits per heavy atom. The van der Waals surface area contributed by atoms with Crippen LogP contribution < -0.4 is 10.5 Å². The minimum atomic E-state index is -2.61. The van der Waals surface area contributed by atoms with Crippen molar-refractivity contribution in [3.05, 3.63) is 29.3 Å². The van der Waals surface area contributed by atoms with Crippen LogP contribution in [0.1, 0.15) is 42.1 Å². The molecule has 0 saturated heterocycles. The molecule has 2 aliphatic rings. The molecule has 3 rings (SSSR count). The highest BCUT2D eigenvalue weighted by atomic mass is 16.5. The predicted molar refractivity (Wildman–Crippen MR) is 119 cm³/mol. The van der Waals surface area contributed by atoms with E-state index in [0.717, 1.165) is 12.0 Å². The number of hydrogen-bond acceptors (Lipinski definition) is 8. The Morgan fingerprint density at radius 3 is 2.58 bits per heavy atom. The monoisotopic (exact) mass is 460 g/mol. The summed E-state index contributed by atoms with van der Waals surface area (Å²) < 4.78 is 5.74. The van der Waals surface area contributed by atoms with Crippen molar-refractivity contribution in [2.24, 2.45) is 23.5 Å². The number of ketones is 3. The van der Waals surface area contributed by atoms with E-state index in [0.29, 0.717) is 24.3 Å². The summed E-state index contributed by atoms with van der Waals surface area (Å²) in [6, 6.07) is 4.53. The third kappa shape index (κ3) is 4.32. The number of nitrogens with zero attached hydrogens (tertiary/aromatic N) is 1. The first kappa shape index (κ1) is 25.0. The second-order valence-electron chi connectivity index (χ2n) is 9.20. The van der Waals surface area contributed by atoms with Crippen molar-refractivity contribution in [2.45, 2.75) is 44.2 Å². The summed E-state index contributed by atoms with van der Waals surface area (Å²) in [7, 11) is 3.32. The molecule has 1 aromatic carbocycles. The molecule has 0 radical (unpaired) electrons. The van der Waals surface area contributed by atoms with Gasteiger partial charge in [0.25, 0.3) is 0 Å². The van der Waals surface area contributed by atoms with Crippen LogP contribution in [0.15, 0.2) is 18.2 Å². The maximum absolute atomic E-state index is 13.7. The molecular weight excluding hydrogens is 428 g/mol. The van der Waals surface area contributed by atoms with Crippen LogP contribution in [0.2, 0.25) is 0 Å². The van der Waals surface area contributed by atoms with Crippen molar-refractivity contribution < 1.29 is 34.1 Å². The average molecular weight is 461 g/mol. The molecule has 1 saturated carbocycles. The number of nitrogens with two attached hydrogens (primary N) is 1. The number of benzene rings is 1. The Hall–Kier alpha value is -2.62. The van der Waals surface area contributed by atoms with E-state index < -0.39 is 65.7 Å². The smallest absolute Gasteiger partial charge is 0.225 e. The van der Waals surface area contributed by atoms with Gasteiger partial charge in [-0.15, -0.1) is 0 Å². The van der Waals surface area contributed by atoms with E-state index in [1.54, 1.807) is 31.1 Å². The lowest BCUT2D eigenvalue weighted by Gasteiger charge is -2.49. The number of likely N-dealkylation sites (N-methyl/N-ethyl adjacent to an activating group) is 1. The van der Waals surface area contributed by atoms with Gasteiger partial charge in [-0.3, -0.25) is 19.2 Å². The Balaban J connectivity index is 2.11. The topological polar surface area (TPSA) is 147 Å². The summed E-state index contributed by atoms with van der Waals surface area (Å²) in [6.07, 6.45) is 0.436. The van der Waals surface area contributed by atoms with Crippen LogP contribution in [-0.2, 0) is 20.8 Å². The summed E-state index contributed by atoms with van der Waals surface area (Å²) in [6.45, 7) is 1.91. The highest BCUT2D eigenvalue weighted by Gasteiger charge is 2.62. The summed E-state index contributed by atoms with van der Waals surface area (Å²) in [4.78, 5) is 53.4. The number of hydrogen-bond donors (Lipinski definition) is 3. The average Bonchev–Trinajstić information content (AvgIpc) is 2.75. The molecule has 1 unspecified atom stereocenters. The summed E-state index contributed by atoms with van der Waals surface area (Å²) in [5.74, 6) is -5.79. The van der Waals surface area contributed by atoms with Gasteiger partial charge < -0.3 is 25.6 Å². The van der Waals surface area contributed by atoms with Crippen molar-refractivity contribution in [1.29, 1.82) is 0 Å². The van der Waals surface area contributed by atoms with Crippen molar-refractivity contribution in [3.63, 3.8) is 0 Å². The van der Waals surface area contributed by atoms with Crippen molar-refractivity contribution in [3.8, 4) is 5.75 Å². The molecule has 180 valence electrons. The molecular formula is C24H32N2O7. The SMILES string of the molecule is CCCOc1cccc2c1C(=O)C1C(=O)[C@](O)(C(=O)CC(N)=O)[C@H]([C@@H](CO)N(C)C)C[C@@H]1C2. The van der Waals surface area contributed by atoms with Crippen molar-refractivity contribution >= 4 is 23.3 Å². The molecule has 0 spiro atoms. The second-order valence-corrected chi connectivity index (χ2v) is 9.20. The van der Waals surface area contributed by atoms with Crippen molar-refractivity contribution in [1.82, 2.24) is 4.90 Å². The standard InChI is InChI=1S/C24H32N2O7/c1-4-8-33-17-7-5-6-13-9-14-10-15(16(12-27)26(2)3)24(32,18(28)11-19(25)29)23(31)21(14)22(30)20(13)17/h5-7,14-16,21,27,32H,4,8-12H2,1-3H3,(H2,25,29)/t14-,15-,16+,21?,24+/m0/s1. The molecule has 33 heavy (non-hydrogen) atoms. The molecule has 1 fully saturated rings. The lowest BCUT2D eigenvalue weighted by atomic mass is 9.56. The van der Waals surface area contributed by atoms with E-state index in [-0.39, 0.29) is 6.42 Å². The van der Waals surface area contributed by atoms with E-state index in [1.807, 2.05) is 13.0 Å². The van der Waals surface area contributed by atoms with Crippen molar-refractivity contribution in [2.75, 3.05) is 27.3 Å². The van der Waals surface area contributed by atoms with E-state index in [1.165, 1.54) is 0 Å². The zero-order chi connectivity index (χ0) is 24.5. The third-order valence-electron chi connectivity index (χ3n) is 6.88. The molecule has 9 heteroatoms. The highest BCUT2D eigenvalue weighted by molar-refractivity contribution is 6.24. The number of ether oxygens (including phenoxy) is 1. The second kappa shape index (κ2) is 9.70. The fourth-order valence-corrected chi connectivity index (χ4v) is 5.32. The van der Waals surface area contributed by atoms with Crippen LogP contribution in [0, 0.1) is 17.8 Å². The van der Waals surface area contributed by atoms with Crippen LogP contribution >= 0.6 is 0 Å². The third-order valence-corrected chi connectivity index (χ3v) is 6.88. The number of primary amides is 1. The van der Waals surface area contributed by atoms with Gasteiger partial charge in [0.2, 0.25) is 5.91 Å². The van der Waals surface area contributed by atoms with Gasteiger partial charge in [-0.05, 0) is 50.9 Å². The highest BCUT2D eigenvalue weighted by Crippen LogP contribution is 2.48. The first-order valence-corrected chi connectivity index (χ1v) is 11.2. The van der Waals surface area contributed by atoms with E-state index >= 15 is 0 Å². The number of fused-ring (bicyclic) bond motifs is 2. The van der Waals surface area contributed by atoms with E-state index in [4.69, 9.17) is 10.5 Å². The van der Waals surface area contributed by atoms with Crippen LogP contribution in [0.25, 0.3) is 0 Å². The quantitative estimate of drug-likeness (QED) is 0.441. The van der Waals surface area contributed by atoms with Crippen LogP contribution in [0.3, 0.4) is 0 Å². The largest absolute Gasteiger partial charge is 0.493 e. The number of rotatable bonds is 9. The lowest BCUT2D eigenvalue weighted by Crippen LogP contribution is -2.67. The number of Topliss-reactive ketones (excluding diaryl/α,β-unsaturated/α-hetero) is 3. The lowest BCUT2D eigenvalue weighted by molar-refractivity contribution is -0.171. The van der Waals surface area contributed by atoms with Gasteiger partial charge in [0, 0.05) is 12.0 Å². The number of carbonyl (C=O) groups is 4. The molecule has 2 aliphatic carbocycles. The van der Waals surface area contributed by atoms with Gasteiger partial charge in [-0.25, -0.2) is 0 Å². The molecule has 0 aromatic heterocycles. The fraction of sp³-hybridized carbons (Fsp3) is 0.583. The molecule has 5 atom stereocenters. The van der Waals surface area contributed by atoms with Gasteiger partial charge in [-0.1, -0.05) is 19.1 Å². The minimum absolute atomic E-state index is 0.145. The molecule has 1 aromatic rings. The van der Waals surface area contributed by atoms with Gasteiger partial charge in [-0.2, -0.15) is 0 Å². The summed E-state index contributed by atoms with van der Waals surface area (Å²) >= 11 is 0. The normalized spacial score (nSPS) is 27.6. The molecule has 9 nitrogen and oxygen atoms in total. The van der Waals surface area contributed by atoms with Crippen LogP contribution in [0.4, 0.5) is 0 Å². The first-order chi connectivity index (χ1) is 15.6. The number of aliphatic hydroxyl groups excluding tert-OH is 1. The van der Waals surface area contributed by atoms with E-state index in [9.17, 15) is 29.4 Å². The van der Waals surface area contributed by atoms with E-state index in [2.05, 4.69) is 0 Å².